The fourth-order valence-electron chi connectivity index (χ4n) is 3.01. The van der Waals surface area contributed by atoms with Gasteiger partial charge in [0.1, 0.15) is 5.69 Å². The summed E-state index contributed by atoms with van der Waals surface area (Å²) >= 11 is 0. The number of aromatic nitrogens is 2. The van der Waals surface area contributed by atoms with Crippen LogP contribution in [0.4, 0.5) is 0 Å². The predicted molar refractivity (Wildman–Crippen MR) is 92.3 cm³/mol. The van der Waals surface area contributed by atoms with Crippen LogP contribution in [0.15, 0.2) is 0 Å². The third kappa shape index (κ3) is 4.15. The fraction of sp³-hybridized carbons (Fsp3) is 0.765. The van der Waals surface area contributed by atoms with Crippen LogP contribution in [0, 0.1) is 0 Å². The van der Waals surface area contributed by atoms with Crippen LogP contribution in [-0.2, 0) is 22.4 Å². The highest BCUT2D eigenvalue weighted by atomic mass is 16.5. The number of hydrogen-bond donors (Lipinski definition) is 0. The van der Waals surface area contributed by atoms with E-state index in [1.54, 1.807) is 16.7 Å². The summed E-state index contributed by atoms with van der Waals surface area (Å²) < 4.78 is 12.8. The van der Waals surface area contributed by atoms with Crippen molar-refractivity contribution in [3.05, 3.63) is 17.0 Å². The van der Waals surface area contributed by atoms with Gasteiger partial charge in [-0.2, -0.15) is 5.10 Å². The standard InChI is InChI=1S/C17H30N4O3/c1-12-11-14-15(13(2)24-12)18-21(9-10-23-6)16(14)17(22)20(5)8-7-19(3)4/h12-13H,7-11H2,1-6H3/t12-,13+/m0/s1. The van der Waals surface area contributed by atoms with Crippen LogP contribution in [-0.4, -0.2) is 79.5 Å². The molecule has 1 aliphatic heterocycles. The second-order valence-electron chi connectivity index (χ2n) is 6.75. The molecule has 2 rings (SSSR count). The Bertz CT molecular complexity index is 570. The molecule has 0 aromatic carbocycles. The van der Waals surface area contributed by atoms with E-state index >= 15 is 0 Å². The summed E-state index contributed by atoms with van der Waals surface area (Å²) in [6.45, 7) is 6.62. The first-order valence-electron chi connectivity index (χ1n) is 8.49. The number of amides is 1. The topological polar surface area (TPSA) is 59.8 Å². The number of carbonyl (C=O) groups is 1. The first-order chi connectivity index (χ1) is 11.3. The molecule has 0 spiro atoms. The summed E-state index contributed by atoms with van der Waals surface area (Å²) in [6.07, 6.45) is 0.715. The van der Waals surface area contributed by atoms with Gasteiger partial charge in [-0.3, -0.25) is 9.48 Å². The lowest BCUT2D eigenvalue weighted by atomic mass is 9.99. The van der Waals surface area contributed by atoms with Gasteiger partial charge in [0, 0.05) is 39.2 Å². The normalized spacial score (nSPS) is 20.3. The zero-order valence-electron chi connectivity index (χ0n) is 15.7. The molecular formula is C17H30N4O3. The first kappa shape index (κ1) is 18.9. The summed E-state index contributed by atoms with van der Waals surface area (Å²) in [6, 6.07) is 0. The van der Waals surface area contributed by atoms with Gasteiger partial charge in [-0.15, -0.1) is 0 Å². The Hall–Kier alpha value is -1.44. The average molecular weight is 338 g/mol. The lowest BCUT2D eigenvalue weighted by Crippen LogP contribution is -2.36. The number of methoxy groups -OCH3 is 1. The second-order valence-corrected chi connectivity index (χ2v) is 6.75. The number of nitrogens with zero attached hydrogens (tertiary/aromatic N) is 4. The molecule has 1 amide bonds. The Labute approximate surface area is 144 Å². The van der Waals surface area contributed by atoms with E-state index in [1.807, 2.05) is 35.0 Å². The Balaban J connectivity index is 2.33. The molecule has 2 atom stereocenters. The maximum atomic E-state index is 13.1. The van der Waals surface area contributed by atoms with Crippen LogP contribution in [0.1, 0.15) is 41.7 Å². The van der Waals surface area contributed by atoms with E-state index in [4.69, 9.17) is 9.47 Å². The van der Waals surface area contributed by atoms with Gasteiger partial charge in [-0.05, 0) is 27.9 Å². The van der Waals surface area contributed by atoms with Crippen LogP contribution >= 0.6 is 0 Å². The second kappa shape index (κ2) is 8.09. The minimum Gasteiger partial charge on any atom is -0.383 e. The molecule has 2 heterocycles. The van der Waals surface area contributed by atoms with Crippen LogP contribution in [0.3, 0.4) is 0 Å². The average Bonchev–Trinajstić information content (AvgIpc) is 2.88. The number of rotatable bonds is 7. The lowest BCUT2D eigenvalue weighted by Gasteiger charge is -2.25. The Morgan fingerprint density at radius 1 is 1.33 bits per heavy atom. The smallest absolute Gasteiger partial charge is 0.272 e. The number of ether oxygens (including phenoxy) is 2. The molecule has 0 saturated heterocycles. The molecule has 1 aromatic rings. The van der Waals surface area contributed by atoms with Gasteiger partial charge in [0.05, 0.1) is 31.1 Å². The molecule has 0 bridgehead atoms. The van der Waals surface area contributed by atoms with Crippen molar-refractivity contribution in [2.24, 2.45) is 0 Å². The highest BCUT2D eigenvalue weighted by molar-refractivity contribution is 5.94. The molecule has 0 aliphatic carbocycles. The van der Waals surface area contributed by atoms with E-state index < -0.39 is 0 Å². The van der Waals surface area contributed by atoms with Crippen molar-refractivity contribution in [1.29, 1.82) is 0 Å². The molecule has 0 saturated carbocycles. The van der Waals surface area contributed by atoms with Crippen molar-refractivity contribution in [3.63, 3.8) is 0 Å². The van der Waals surface area contributed by atoms with E-state index in [9.17, 15) is 4.79 Å². The summed E-state index contributed by atoms with van der Waals surface area (Å²) in [5, 5.41) is 4.66. The zero-order valence-corrected chi connectivity index (χ0v) is 15.7. The molecule has 0 unspecified atom stereocenters. The largest absolute Gasteiger partial charge is 0.383 e. The Kier molecular flexibility index (Phi) is 6.37. The van der Waals surface area contributed by atoms with Crippen LogP contribution in [0.2, 0.25) is 0 Å². The quantitative estimate of drug-likeness (QED) is 0.747. The van der Waals surface area contributed by atoms with Gasteiger partial charge in [0.25, 0.3) is 5.91 Å². The highest BCUT2D eigenvalue weighted by Gasteiger charge is 2.33. The van der Waals surface area contributed by atoms with E-state index in [0.717, 1.165) is 24.2 Å². The monoisotopic (exact) mass is 338 g/mol. The van der Waals surface area contributed by atoms with Crippen LogP contribution in [0.5, 0.6) is 0 Å². The van der Waals surface area contributed by atoms with E-state index in [1.165, 1.54) is 0 Å². The van der Waals surface area contributed by atoms with Crippen LogP contribution < -0.4 is 0 Å². The fourth-order valence-corrected chi connectivity index (χ4v) is 3.01. The molecule has 24 heavy (non-hydrogen) atoms. The van der Waals surface area contributed by atoms with Gasteiger partial charge in [0.2, 0.25) is 0 Å². The molecule has 1 aromatic heterocycles. The maximum absolute atomic E-state index is 13.1. The van der Waals surface area contributed by atoms with Gasteiger partial charge in [0.15, 0.2) is 0 Å². The van der Waals surface area contributed by atoms with Crippen molar-refractivity contribution in [2.75, 3.05) is 47.9 Å². The van der Waals surface area contributed by atoms with Crippen molar-refractivity contribution in [1.82, 2.24) is 19.6 Å². The van der Waals surface area contributed by atoms with Crippen molar-refractivity contribution < 1.29 is 14.3 Å². The van der Waals surface area contributed by atoms with Crippen molar-refractivity contribution >= 4 is 5.91 Å². The predicted octanol–water partition coefficient (Wildman–Crippen LogP) is 1.19. The molecular weight excluding hydrogens is 308 g/mol. The summed E-state index contributed by atoms with van der Waals surface area (Å²) in [5.74, 6) is 0.0167. The summed E-state index contributed by atoms with van der Waals surface area (Å²) in [7, 11) is 7.51. The van der Waals surface area contributed by atoms with E-state index in [0.29, 0.717) is 25.4 Å². The SMILES string of the molecule is COCCn1nc2c(c1C(=O)N(C)CCN(C)C)C[C@H](C)O[C@@H]2C. The van der Waals surface area contributed by atoms with Gasteiger partial charge in [-0.1, -0.05) is 0 Å². The maximum Gasteiger partial charge on any atom is 0.272 e. The summed E-state index contributed by atoms with van der Waals surface area (Å²) in [4.78, 5) is 16.9. The van der Waals surface area contributed by atoms with E-state index in [2.05, 4.69) is 10.00 Å². The molecule has 0 fully saturated rings. The minimum absolute atomic E-state index is 0.0167. The summed E-state index contributed by atoms with van der Waals surface area (Å²) in [5.41, 5.74) is 2.60. The number of hydrogen-bond acceptors (Lipinski definition) is 5. The molecule has 7 nitrogen and oxygen atoms in total. The number of carbonyl (C=O) groups excluding carboxylic acids is 1. The Morgan fingerprint density at radius 3 is 2.67 bits per heavy atom. The van der Waals surface area contributed by atoms with E-state index in [-0.39, 0.29) is 18.1 Å². The molecule has 1 aliphatic rings. The van der Waals surface area contributed by atoms with Crippen molar-refractivity contribution in [3.8, 4) is 0 Å². The molecule has 7 heteroatoms. The van der Waals surface area contributed by atoms with Gasteiger partial charge >= 0.3 is 0 Å². The molecule has 0 radical (unpaired) electrons. The highest BCUT2D eigenvalue weighted by Crippen LogP contribution is 2.31. The third-order valence-corrected chi connectivity index (χ3v) is 4.33. The number of fused-ring (bicyclic) bond motifs is 1. The van der Waals surface area contributed by atoms with Gasteiger partial charge in [-0.25, -0.2) is 0 Å². The minimum atomic E-state index is -0.0915. The third-order valence-electron chi connectivity index (χ3n) is 4.33. The number of likely N-dealkylation sites (N-methyl/N-ethyl adjacent to an activating group) is 2. The zero-order chi connectivity index (χ0) is 17.9. The molecule has 136 valence electrons. The molecule has 0 N–H and O–H groups in total. The van der Waals surface area contributed by atoms with Crippen molar-refractivity contribution in [2.45, 2.75) is 39.0 Å². The van der Waals surface area contributed by atoms with Gasteiger partial charge < -0.3 is 19.3 Å². The Morgan fingerprint density at radius 2 is 2.04 bits per heavy atom. The van der Waals surface area contributed by atoms with Crippen LogP contribution in [0.25, 0.3) is 0 Å². The lowest BCUT2D eigenvalue weighted by molar-refractivity contribution is -0.00720. The first-order valence-corrected chi connectivity index (χ1v) is 8.49.